The molecule has 0 bridgehead atoms. The lowest BCUT2D eigenvalue weighted by atomic mass is 10.2. The van der Waals surface area contributed by atoms with Gasteiger partial charge in [-0.2, -0.15) is 0 Å². The van der Waals surface area contributed by atoms with Crippen LogP contribution in [-0.2, 0) is 9.59 Å². The van der Waals surface area contributed by atoms with Gasteiger partial charge in [0.25, 0.3) is 0 Å². The highest BCUT2D eigenvalue weighted by molar-refractivity contribution is 5.95. The fourth-order valence-electron chi connectivity index (χ4n) is 3.34. The van der Waals surface area contributed by atoms with Gasteiger partial charge in [-0.05, 0) is 37.5 Å². The number of likely N-dealkylation sites (tertiary alicyclic amines) is 1. The second-order valence-electron chi connectivity index (χ2n) is 6.46. The van der Waals surface area contributed by atoms with Crippen molar-refractivity contribution in [3.05, 3.63) is 24.0 Å². The Kier molecular flexibility index (Phi) is 5.33. The lowest BCUT2D eigenvalue weighted by Crippen LogP contribution is -2.36. The van der Waals surface area contributed by atoms with E-state index < -0.39 is 5.82 Å². The van der Waals surface area contributed by atoms with Gasteiger partial charge < -0.3 is 15.1 Å². The van der Waals surface area contributed by atoms with Gasteiger partial charge in [0.05, 0.1) is 12.2 Å². The predicted octanol–water partition coefficient (Wildman–Crippen LogP) is 2.77. The summed E-state index contributed by atoms with van der Waals surface area (Å²) in [5.41, 5.74) is 0.957. The Morgan fingerprint density at radius 1 is 1.08 bits per heavy atom. The van der Waals surface area contributed by atoms with Gasteiger partial charge >= 0.3 is 0 Å². The monoisotopic (exact) mass is 333 g/mol. The molecule has 0 spiro atoms. The third kappa shape index (κ3) is 3.86. The lowest BCUT2D eigenvalue weighted by molar-refractivity contribution is -0.129. The Morgan fingerprint density at radius 3 is 2.50 bits per heavy atom. The van der Waals surface area contributed by atoms with E-state index in [9.17, 15) is 14.0 Å². The van der Waals surface area contributed by atoms with E-state index >= 15 is 0 Å². The molecule has 2 aliphatic rings. The number of nitrogens with zero attached hydrogens (tertiary/aromatic N) is 2. The molecule has 0 radical (unpaired) electrons. The van der Waals surface area contributed by atoms with Crippen molar-refractivity contribution >= 4 is 23.2 Å². The largest absolute Gasteiger partial charge is 0.374 e. The van der Waals surface area contributed by atoms with Crippen molar-refractivity contribution in [1.29, 1.82) is 0 Å². The highest BCUT2D eigenvalue weighted by Crippen LogP contribution is 2.26. The topological polar surface area (TPSA) is 52.7 Å². The van der Waals surface area contributed by atoms with Crippen LogP contribution >= 0.6 is 0 Å². The Hall–Kier alpha value is -2.11. The second kappa shape index (κ2) is 7.64. The van der Waals surface area contributed by atoms with E-state index in [1.807, 2.05) is 4.90 Å². The number of benzene rings is 1. The molecule has 2 saturated heterocycles. The number of carbonyl (C=O) groups excluding carboxylic acids is 2. The summed E-state index contributed by atoms with van der Waals surface area (Å²) in [7, 11) is 0. The number of hydrogen-bond acceptors (Lipinski definition) is 3. The summed E-state index contributed by atoms with van der Waals surface area (Å²) >= 11 is 0. The number of halogens is 1. The molecule has 0 atom stereocenters. The lowest BCUT2D eigenvalue weighted by Gasteiger charge is -2.21. The number of carbonyl (C=O) groups is 2. The maximum atomic E-state index is 14.0. The predicted molar refractivity (Wildman–Crippen MR) is 91.5 cm³/mol. The fourth-order valence-corrected chi connectivity index (χ4v) is 3.34. The van der Waals surface area contributed by atoms with Gasteiger partial charge in [0.1, 0.15) is 5.82 Å². The number of rotatable bonds is 4. The minimum absolute atomic E-state index is 0.000970. The molecular weight excluding hydrogens is 309 g/mol. The summed E-state index contributed by atoms with van der Waals surface area (Å²) in [5.74, 6) is -0.346. The minimum Gasteiger partial charge on any atom is -0.374 e. The van der Waals surface area contributed by atoms with E-state index in [1.54, 1.807) is 17.0 Å². The van der Waals surface area contributed by atoms with Gasteiger partial charge in [0.2, 0.25) is 11.8 Å². The molecule has 2 aliphatic heterocycles. The number of amides is 2. The highest BCUT2D eigenvalue weighted by atomic mass is 19.1. The number of hydrogen-bond donors (Lipinski definition) is 1. The molecule has 0 saturated carbocycles. The van der Waals surface area contributed by atoms with Crippen LogP contribution in [0.5, 0.6) is 0 Å². The zero-order valence-electron chi connectivity index (χ0n) is 13.9. The highest BCUT2D eigenvalue weighted by Gasteiger charge is 2.22. The average Bonchev–Trinajstić information content (AvgIpc) is 2.85. The molecule has 1 aromatic rings. The van der Waals surface area contributed by atoms with Crippen LogP contribution < -0.4 is 10.2 Å². The van der Waals surface area contributed by atoms with Gasteiger partial charge in [-0.25, -0.2) is 4.39 Å². The van der Waals surface area contributed by atoms with Crippen molar-refractivity contribution < 1.29 is 14.0 Å². The van der Waals surface area contributed by atoms with Crippen molar-refractivity contribution in [2.45, 2.75) is 38.5 Å². The van der Waals surface area contributed by atoms with Crippen LogP contribution in [0, 0.1) is 5.82 Å². The number of anilines is 2. The molecule has 2 fully saturated rings. The van der Waals surface area contributed by atoms with Gasteiger partial charge in [-0.3, -0.25) is 9.59 Å². The molecule has 24 heavy (non-hydrogen) atoms. The van der Waals surface area contributed by atoms with E-state index in [-0.39, 0.29) is 24.0 Å². The van der Waals surface area contributed by atoms with Gasteiger partial charge in [0, 0.05) is 31.7 Å². The maximum absolute atomic E-state index is 14.0. The molecule has 1 N–H and O–H groups in total. The van der Waals surface area contributed by atoms with Crippen LogP contribution in [0.3, 0.4) is 0 Å². The third-order valence-electron chi connectivity index (χ3n) is 4.72. The normalized spacial score (nSPS) is 18.6. The molecular formula is C18H24FN3O2. The van der Waals surface area contributed by atoms with Crippen molar-refractivity contribution in [1.82, 2.24) is 4.90 Å². The summed E-state index contributed by atoms with van der Waals surface area (Å²) < 4.78 is 14.0. The smallest absolute Gasteiger partial charge is 0.241 e. The molecule has 1 aromatic carbocycles. The zero-order valence-corrected chi connectivity index (χ0v) is 13.9. The Balaban J connectivity index is 1.63. The Bertz CT molecular complexity index is 612. The van der Waals surface area contributed by atoms with Crippen LogP contribution in [0.4, 0.5) is 15.8 Å². The van der Waals surface area contributed by atoms with Crippen LogP contribution in [0.2, 0.25) is 0 Å². The van der Waals surface area contributed by atoms with Crippen molar-refractivity contribution in [3.8, 4) is 0 Å². The molecule has 2 heterocycles. The first-order chi connectivity index (χ1) is 11.6. The summed E-state index contributed by atoms with van der Waals surface area (Å²) in [6, 6.07) is 4.58. The fraction of sp³-hybridized carbons (Fsp3) is 0.556. The average molecular weight is 333 g/mol. The summed E-state index contributed by atoms with van der Waals surface area (Å²) in [6.45, 7) is 2.31. The molecule has 6 heteroatoms. The van der Waals surface area contributed by atoms with Gasteiger partial charge in [-0.15, -0.1) is 0 Å². The van der Waals surface area contributed by atoms with Crippen LogP contribution in [0.1, 0.15) is 38.5 Å². The third-order valence-corrected chi connectivity index (χ3v) is 4.72. The zero-order chi connectivity index (χ0) is 16.9. The first-order valence-electron chi connectivity index (χ1n) is 8.77. The molecule has 0 unspecified atom stereocenters. The van der Waals surface area contributed by atoms with Crippen molar-refractivity contribution in [2.75, 3.05) is 36.4 Å². The van der Waals surface area contributed by atoms with E-state index in [4.69, 9.17) is 0 Å². The van der Waals surface area contributed by atoms with Crippen LogP contribution in [-0.4, -0.2) is 42.9 Å². The quantitative estimate of drug-likeness (QED) is 0.922. The standard InChI is InChI=1S/C18H24FN3O2/c19-15-8-7-14(22-11-5-6-17(22)23)12-16(15)20-13-18(24)21-9-3-1-2-4-10-21/h7-8,12,20H,1-6,9-11,13H2. The number of nitrogens with one attached hydrogen (secondary N) is 1. The van der Waals surface area contributed by atoms with E-state index in [0.29, 0.717) is 18.7 Å². The van der Waals surface area contributed by atoms with E-state index in [2.05, 4.69) is 5.32 Å². The summed E-state index contributed by atoms with van der Waals surface area (Å²) in [6.07, 6.45) is 5.76. The van der Waals surface area contributed by atoms with Crippen LogP contribution in [0.25, 0.3) is 0 Å². The Morgan fingerprint density at radius 2 is 1.83 bits per heavy atom. The molecule has 3 rings (SSSR count). The SMILES string of the molecule is O=C(CNc1cc(N2CCCC2=O)ccc1F)N1CCCCCC1. The first-order valence-corrected chi connectivity index (χ1v) is 8.77. The van der Waals surface area contributed by atoms with Crippen molar-refractivity contribution in [3.63, 3.8) is 0 Å². The Labute approximate surface area is 141 Å². The van der Waals surface area contributed by atoms with Crippen molar-refractivity contribution in [2.24, 2.45) is 0 Å². The molecule has 0 aromatic heterocycles. The molecule has 130 valence electrons. The molecule has 2 amide bonds. The van der Waals surface area contributed by atoms with Crippen LogP contribution in [0.15, 0.2) is 18.2 Å². The van der Waals surface area contributed by atoms with Gasteiger partial charge in [-0.1, -0.05) is 12.8 Å². The molecule has 0 aliphatic carbocycles. The summed E-state index contributed by atoms with van der Waals surface area (Å²) in [5, 5.41) is 2.90. The van der Waals surface area contributed by atoms with Gasteiger partial charge in [0.15, 0.2) is 0 Å². The summed E-state index contributed by atoms with van der Waals surface area (Å²) in [4.78, 5) is 27.7. The maximum Gasteiger partial charge on any atom is 0.241 e. The molecule has 5 nitrogen and oxygen atoms in total. The minimum atomic E-state index is -0.408. The second-order valence-corrected chi connectivity index (χ2v) is 6.46. The van der Waals surface area contributed by atoms with E-state index in [1.165, 1.54) is 6.07 Å². The first kappa shape index (κ1) is 16.7. The van der Waals surface area contributed by atoms with E-state index in [0.717, 1.165) is 45.2 Å².